The molecular formula is C12H12ClNOS. The molecule has 0 N–H and O–H groups in total. The van der Waals surface area contributed by atoms with Gasteiger partial charge in [0.15, 0.2) is 11.7 Å². The molecule has 0 saturated heterocycles. The van der Waals surface area contributed by atoms with Crippen molar-refractivity contribution < 1.29 is 4.42 Å². The molecule has 4 heteroatoms. The van der Waals surface area contributed by atoms with Crippen LogP contribution in [-0.2, 0) is 6.42 Å². The molecule has 0 spiro atoms. The second-order valence-corrected chi connectivity index (χ2v) is 4.48. The second kappa shape index (κ2) is 5.41. The lowest BCUT2D eigenvalue weighted by Gasteiger charge is -2.02. The highest BCUT2D eigenvalue weighted by atomic mass is 35.5. The van der Waals surface area contributed by atoms with Gasteiger partial charge in [-0.1, -0.05) is 18.2 Å². The zero-order valence-electron chi connectivity index (χ0n) is 8.94. The number of rotatable bonds is 4. The van der Waals surface area contributed by atoms with E-state index in [0.29, 0.717) is 18.2 Å². The summed E-state index contributed by atoms with van der Waals surface area (Å²) in [7, 11) is 0. The van der Waals surface area contributed by atoms with Crippen LogP contribution in [0.2, 0.25) is 0 Å². The van der Waals surface area contributed by atoms with Crippen LogP contribution in [0, 0.1) is 0 Å². The molecule has 2 aromatic rings. The van der Waals surface area contributed by atoms with Crippen LogP contribution in [0.1, 0.15) is 5.89 Å². The smallest absolute Gasteiger partial charge is 0.196 e. The summed E-state index contributed by atoms with van der Waals surface area (Å²) >= 11 is 7.34. The van der Waals surface area contributed by atoms with E-state index in [4.69, 9.17) is 16.0 Å². The lowest BCUT2D eigenvalue weighted by atomic mass is 10.2. The van der Waals surface area contributed by atoms with Crippen molar-refractivity contribution in [2.75, 3.05) is 12.1 Å². The molecule has 0 atom stereocenters. The molecule has 16 heavy (non-hydrogen) atoms. The summed E-state index contributed by atoms with van der Waals surface area (Å²) in [6, 6.07) is 8.13. The molecule has 2 nitrogen and oxygen atoms in total. The standard InChI is InChI=1S/C12H12ClNOS/c1-16-11-5-3-2-4-9(11)10-8-14-12(15-10)6-7-13/h2-5,8H,6-7H2,1H3. The van der Waals surface area contributed by atoms with Crippen LogP contribution in [-0.4, -0.2) is 17.1 Å². The number of hydrogen-bond acceptors (Lipinski definition) is 3. The van der Waals surface area contributed by atoms with Crippen molar-refractivity contribution in [3.63, 3.8) is 0 Å². The number of aryl methyl sites for hydroxylation is 1. The molecule has 0 aliphatic carbocycles. The van der Waals surface area contributed by atoms with E-state index < -0.39 is 0 Å². The van der Waals surface area contributed by atoms with Gasteiger partial charge in [0.05, 0.1) is 6.20 Å². The Hall–Kier alpha value is -0.930. The topological polar surface area (TPSA) is 26.0 Å². The first-order chi connectivity index (χ1) is 7.85. The number of aromatic nitrogens is 1. The van der Waals surface area contributed by atoms with Gasteiger partial charge in [-0.3, -0.25) is 0 Å². The van der Waals surface area contributed by atoms with Gasteiger partial charge in [0.25, 0.3) is 0 Å². The third kappa shape index (κ3) is 2.42. The monoisotopic (exact) mass is 253 g/mol. The molecule has 1 aromatic carbocycles. The summed E-state index contributed by atoms with van der Waals surface area (Å²) in [5, 5.41) is 0. The van der Waals surface area contributed by atoms with Crippen LogP contribution in [0.3, 0.4) is 0 Å². The van der Waals surface area contributed by atoms with Gasteiger partial charge in [-0.25, -0.2) is 4.98 Å². The van der Waals surface area contributed by atoms with Crippen LogP contribution >= 0.6 is 23.4 Å². The van der Waals surface area contributed by atoms with Crippen molar-refractivity contribution in [2.24, 2.45) is 0 Å². The van der Waals surface area contributed by atoms with Gasteiger partial charge in [-0.05, 0) is 12.3 Å². The molecule has 1 heterocycles. The summed E-state index contributed by atoms with van der Waals surface area (Å²) in [5.41, 5.74) is 1.09. The first kappa shape index (κ1) is 11.6. The average molecular weight is 254 g/mol. The number of benzene rings is 1. The van der Waals surface area contributed by atoms with Crippen molar-refractivity contribution in [3.8, 4) is 11.3 Å². The summed E-state index contributed by atoms with van der Waals surface area (Å²) in [6.07, 6.45) is 4.48. The maximum absolute atomic E-state index is 5.65. The Balaban J connectivity index is 2.34. The highest BCUT2D eigenvalue weighted by Gasteiger charge is 2.09. The fourth-order valence-electron chi connectivity index (χ4n) is 1.48. The average Bonchev–Trinajstić information content (AvgIpc) is 2.78. The Morgan fingerprint density at radius 2 is 2.19 bits per heavy atom. The zero-order valence-corrected chi connectivity index (χ0v) is 10.5. The van der Waals surface area contributed by atoms with Crippen LogP contribution in [0.4, 0.5) is 0 Å². The van der Waals surface area contributed by atoms with E-state index >= 15 is 0 Å². The molecule has 0 aliphatic heterocycles. The molecular weight excluding hydrogens is 242 g/mol. The van der Waals surface area contributed by atoms with Crippen LogP contribution in [0.25, 0.3) is 11.3 Å². The molecule has 0 unspecified atom stereocenters. The normalized spacial score (nSPS) is 10.6. The number of halogens is 1. The van der Waals surface area contributed by atoms with Crippen molar-refractivity contribution in [3.05, 3.63) is 36.4 Å². The first-order valence-electron chi connectivity index (χ1n) is 4.99. The van der Waals surface area contributed by atoms with Gasteiger partial charge in [0.2, 0.25) is 0 Å². The lowest BCUT2D eigenvalue weighted by Crippen LogP contribution is -1.83. The maximum Gasteiger partial charge on any atom is 0.196 e. The molecule has 0 saturated carbocycles. The van der Waals surface area contributed by atoms with Gasteiger partial charge < -0.3 is 4.42 Å². The van der Waals surface area contributed by atoms with E-state index in [1.54, 1.807) is 18.0 Å². The Morgan fingerprint density at radius 1 is 1.38 bits per heavy atom. The number of thioether (sulfide) groups is 1. The molecule has 2 rings (SSSR count). The number of oxazole rings is 1. The van der Waals surface area contributed by atoms with Gasteiger partial charge >= 0.3 is 0 Å². The van der Waals surface area contributed by atoms with E-state index in [0.717, 1.165) is 11.3 Å². The summed E-state index contributed by atoms with van der Waals surface area (Å²) in [5.74, 6) is 2.04. The second-order valence-electron chi connectivity index (χ2n) is 3.26. The van der Waals surface area contributed by atoms with E-state index in [1.165, 1.54) is 4.90 Å². The summed E-state index contributed by atoms with van der Waals surface area (Å²) in [6.45, 7) is 0. The van der Waals surface area contributed by atoms with Crippen molar-refractivity contribution in [1.29, 1.82) is 0 Å². The summed E-state index contributed by atoms with van der Waals surface area (Å²) in [4.78, 5) is 5.39. The minimum absolute atomic E-state index is 0.532. The highest BCUT2D eigenvalue weighted by Crippen LogP contribution is 2.30. The molecule has 0 amide bonds. The van der Waals surface area contributed by atoms with E-state index in [1.807, 2.05) is 18.2 Å². The van der Waals surface area contributed by atoms with Gasteiger partial charge in [-0.2, -0.15) is 0 Å². The fraction of sp³-hybridized carbons (Fsp3) is 0.250. The van der Waals surface area contributed by atoms with Crippen molar-refractivity contribution in [2.45, 2.75) is 11.3 Å². The summed E-state index contributed by atoms with van der Waals surface area (Å²) < 4.78 is 5.64. The predicted octanol–water partition coefficient (Wildman–Crippen LogP) is 3.84. The molecule has 0 bridgehead atoms. The number of alkyl halides is 1. The SMILES string of the molecule is CSc1ccccc1-c1cnc(CCCl)o1. The molecule has 84 valence electrons. The van der Waals surface area contributed by atoms with Crippen LogP contribution in [0.15, 0.2) is 39.8 Å². The quantitative estimate of drug-likeness (QED) is 0.612. The zero-order chi connectivity index (χ0) is 11.4. The van der Waals surface area contributed by atoms with Crippen LogP contribution < -0.4 is 0 Å². The Kier molecular flexibility index (Phi) is 3.91. The molecule has 0 radical (unpaired) electrons. The van der Waals surface area contributed by atoms with Gasteiger partial charge in [0, 0.05) is 22.8 Å². The largest absolute Gasteiger partial charge is 0.441 e. The maximum atomic E-state index is 5.65. The first-order valence-corrected chi connectivity index (χ1v) is 6.75. The minimum Gasteiger partial charge on any atom is -0.441 e. The van der Waals surface area contributed by atoms with Gasteiger partial charge in [-0.15, -0.1) is 23.4 Å². The van der Waals surface area contributed by atoms with E-state index in [9.17, 15) is 0 Å². The molecule has 1 aromatic heterocycles. The number of nitrogens with zero attached hydrogens (tertiary/aromatic N) is 1. The minimum atomic E-state index is 0.532. The van der Waals surface area contributed by atoms with E-state index in [2.05, 4.69) is 17.3 Å². The number of hydrogen-bond donors (Lipinski definition) is 0. The third-order valence-electron chi connectivity index (χ3n) is 2.23. The fourth-order valence-corrected chi connectivity index (χ4v) is 2.24. The van der Waals surface area contributed by atoms with Crippen molar-refractivity contribution in [1.82, 2.24) is 4.98 Å². The highest BCUT2D eigenvalue weighted by molar-refractivity contribution is 7.98. The molecule has 0 aliphatic rings. The predicted molar refractivity (Wildman–Crippen MR) is 68.1 cm³/mol. The molecule has 0 fully saturated rings. The Labute approximate surface area is 104 Å². The lowest BCUT2D eigenvalue weighted by molar-refractivity contribution is 0.514. The Bertz CT molecular complexity index is 470. The Morgan fingerprint density at radius 3 is 2.94 bits per heavy atom. The van der Waals surface area contributed by atoms with Gasteiger partial charge in [0.1, 0.15) is 0 Å². The van der Waals surface area contributed by atoms with Crippen molar-refractivity contribution >= 4 is 23.4 Å². The third-order valence-corrected chi connectivity index (χ3v) is 3.22. The van der Waals surface area contributed by atoms with E-state index in [-0.39, 0.29) is 0 Å². The van der Waals surface area contributed by atoms with Crippen LogP contribution in [0.5, 0.6) is 0 Å².